The Morgan fingerprint density at radius 1 is 1.29 bits per heavy atom. The second kappa shape index (κ2) is 6.30. The summed E-state index contributed by atoms with van der Waals surface area (Å²) in [6.07, 6.45) is 3.05. The van der Waals surface area contributed by atoms with Crippen molar-refractivity contribution in [3.63, 3.8) is 0 Å². The molecule has 110 valence electrons. The van der Waals surface area contributed by atoms with Gasteiger partial charge in [-0.2, -0.15) is 0 Å². The van der Waals surface area contributed by atoms with E-state index in [1.807, 2.05) is 24.3 Å². The number of benzene rings is 1. The highest BCUT2D eigenvalue weighted by Gasteiger charge is 2.21. The Bertz CT molecular complexity index is 661. The van der Waals surface area contributed by atoms with E-state index in [1.165, 1.54) is 0 Å². The van der Waals surface area contributed by atoms with Gasteiger partial charge in [-0.3, -0.25) is 4.79 Å². The van der Waals surface area contributed by atoms with Crippen molar-refractivity contribution in [3.8, 4) is 0 Å². The van der Waals surface area contributed by atoms with Crippen molar-refractivity contribution in [3.05, 3.63) is 30.1 Å². The molecule has 0 saturated carbocycles. The summed E-state index contributed by atoms with van der Waals surface area (Å²) in [7, 11) is 0. The lowest BCUT2D eigenvalue weighted by atomic mass is 10.2. The third kappa shape index (κ3) is 3.26. The Balaban J connectivity index is 1.74. The van der Waals surface area contributed by atoms with E-state index in [1.54, 1.807) is 11.8 Å². The van der Waals surface area contributed by atoms with Crippen molar-refractivity contribution in [2.24, 2.45) is 0 Å². The van der Waals surface area contributed by atoms with E-state index in [2.05, 4.69) is 15.3 Å². The number of amides is 1. The molecule has 1 fully saturated rings. The topological polar surface area (TPSA) is 80.9 Å². The van der Waals surface area contributed by atoms with Gasteiger partial charge in [-0.25, -0.2) is 9.97 Å². The monoisotopic (exact) mass is 302 g/mol. The van der Waals surface area contributed by atoms with Gasteiger partial charge in [-0.1, -0.05) is 18.6 Å². The zero-order chi connectivity index (χ0) is 14.7. The normalized spacial score (nSPS) is 19.2. The molecule has 2 aromatic rings. The van der Waals surface area contributed by atoms with Crippen LogP contribution in [-0.2, 0) is 10.5 Å². The van der Waals surface area contributed by atoms with Gasteiger partial charge in [0.25, 0.3) is 0 Å². The SMILES string of the molecule is Nc1nc(CS[C@H]2CCCCNC2=O)nc2ccccc12. The molecule has 21 heavy (non-hydrogen) atoms. The number of hydrogen-bond acceptors (Lipinski definition) is 5. The maximum absolute atomic E-state index is 11.9. The zero-order valence-electron chi connectivity index (χ0n) is 11.7. The maximum Gasteiger partial charge on any atom is 0.233 e. The predicted octanol–water partition coefficient (Wildman–Crippen LogP) is 2.11. The molecule has 0 unspecified atom stereocenters. The Kier molecular flexibility index (Phi) is 4.24. The minimum atomic E-state index is -0.0104. The number of carbonyl (C=O) groups excluding carboxylic acids is 1. The lowest BCUT2D eigenvalue weighted by Crippen LogP contribution is -2.30. The fraction of sp³-hybridized carbons (Fsp3) is 0.400. The summed E-state index contributed by atoms with van der Waals surface area (Å²) >= 11 is 1.60. The summed E-state index contributed by atoms with van der Waals surface area (Å²) < 4.78 is 0. The minimum absolute atomic E-state index is 0.0104. The van der Waals surface area contributed by atoms with Crippen LogP contribution in [0.3, 0.4) is 0 Å². The number of nitrogens with one attached hydrogen (secondary N) is 1. The number of aromatic nitrogens is 2. The molecule has 3 N–H and O–H groups in total. The highest BCUT2D eigenvalue weighted by molar-refractivity contribution is 7.99. The first kappa shape index (κ1) is 14.1. The molecule has 6 heteroatoms. The van der Waals surface area contributed by atoms with Crippen molar-refractivity contribution < 1.29 is 4.79 Å². The molecule has 0 bridgehead atoms. The first-order valence-electron chi connectivity index (χ1n) is 7.14. The van der Waals surface area contributed by atoms with E-state index in [4.69, 9.17) is 5.73 Å². The van der Waals surface area contributed by atoms with Crippen LogP contribution >= 0.6 is 11.8 Å². The Labute approximate surface area is 127 Å². The van der Waals surface area contributed by atoms with Gasteiger partial charge in [-0.15, -0.1) is 11.8 Å². The van der Waals surface area contributed by atoms with Crippen LogP contribution < -0.4 is 11.1 Å². The fourth-order valence-corrected chi connectivity index (χ4v) is 3.51. The molecule has 1 amide bonds. The third-order valence-corrected chi connectivity index (χ3v) is 4.85. The summed E-state index contributed by atoms with van der Waals surface area (Å²) in [6.45, 7) is 0.787. The molecule has 5 nitrogen and oxygen atoms in total. The first-order valence-corrected chi connectivity index (χ1v) is 8.19. The van der Waals surface area contributed by atoms with Crippen molar-refractivity contribution >= 4 is 34.4 Å². The molecular formula is C15H18N4OS. The summed E-state index contributed by atoms with van der Waals surface area (Å²) in [4.78, 5) is 20.8. The Morgan fingerprint density at radius 3 is 3.05 bits per heavy atom. The van der Waals surface area contributed by atoms with Crippen molar-refractivity contribution in [1.29, 1.82) is 0 Å². The van der Waals surface area contributed by atoms with Crippen molar-refractivity contribution in [2.45, 2.75) is 30.3 Å². The first-order chi connectivity index (χ1) is 10.2. The van der Waals surface area contributed by atoms with E-state index >= 15 is 0 Å². The average Bonchev–Trinajstić information content (AvgIpc) is 2.70. The molecule has 0 radical (unpaired) electrons. The van der Waals surface area contributed by atoms with Gasteiger partial charge >= 0.3 is 0 Å². The summed E-state index contributed by atoms with van der Waals surface area (Å²) in [5, 5.41) is 3.81. The number of nitrogens with zero attached hydrogens (tertiary/aromatic N) is 2. The third-order valence-electron chi connectivity index (χ3n) is 3.58. The Hall–Kier alpha value is -1.82. The number of nitrogens with two attached hydrogens (primary N) is 1. The maximum atomic E-state index is 11.9. The van der Waals surface area contributed by atoms with Gasteiger partial charge in [0.05, 0.1) is 16.5 Å². The van der Waals surface area contributed by atoms with Gasteiger partial charge in [-0.05, 0) is 25.0 Å². The number of nitrogen functional groups attached to an aromatic ring is 1. The summed E-state index contributed by atoms with van der Waals surface area (Å²) in [5.74, 6) is 1.92. The van der Waals surface area contributed by atoms with E-state index in [0.717, 1.165) is 36.7 Å². The van der Waals surface area contributed by atoms with Crippen LogP contribution in [0.4, 0.5) is 5.82 Å². The Morgan fingerprint density at radius 2 is 2.14 bits per heavy atom. The number of anilines is 1. The quantitative estimate of drug-likeness (QED) is 0.907. The lowest BCUT2D eigenvalue weighted by Gasteiger charge is -2.12. The molecular weight excluding hydrogens is 284 g/mol. The largest absolute Gasteiger partial charge is 0.383 e. The number of para-hydroxylation sites is 1. The molecule has 1 aliphatic heterocycles. The highest BCUT2D eigenvalue weighted by atomic mass is 32.2. The van der Waals surface area contributed by atoms with Crippen LogP contribution in [0.1, 0.15) is 25.1 Å². The van der Waals surface area contributed by atoms with Crippen LogP contribution in [0.5, 0.6) is 0 Å². The number of hydrogen-bond donors (Lipinski definition) is 2. The lowest BCUT2D eigenvalue weighted by molar-refractivity contribution is -0.120. The number of carbonyl (C=O) groups is 1. The van der Waals surface area contributed by atoms with Gasteiger partial charge in [0.15, 0.2) is 0 Å². The minimum Gasteiger partial charge on any atom is -0.383 e. The molecule has 2 heterocycles. The van der Waals surface area contributed by atoms with E-state index in [-0.39, 0.29) is 11.2 Å². The zero-order valence-corrected chi connectivity index (χ0v) is 12.5. The van der Waals surface area contributed by atoms with Gasteiger partial charge in [0.1, 0.15) is 11.6 Å². The second-order valence-corrected chi connectivity index (χ2v) is 6.32. The summed E-state index contributed by atoms with van der Waals surface area (Å²) in [5.41, 5.74) is 6.83. The van der Waals surface area contributed by atoms with Crippen LogP contribution in [0.2, 0.25) is 0 Å². The molecule has 0 aliphatic carbocycles. The van der Waals surface area contributed by atoms with E-state index in [0.29, 0.717) is 17.4 Å². The molecule has 1 aromatic heterocycles. The molecule has 0 spiro atoms. The van der Waals surface area contributed by atoms with Gasteiger partial charge < -0.3 is 11.1 Å². The smallest absolute Gasteiger partial charge is 0.233 e. The van der Waals surface area contributed by atoms with Crippen LogP contribution in [0.15, 0.2) is 24.3 Å². The molecule has 1 aromatic carbocycles. The van der Waals surface area contributed by atoms with Crippen molar-refractivity contribution in [1.82, 2.24) is 15.3 Å². The number of fused-ring (bicyclic) bond motifs is 1. The fourth-order valence-electron chi connectivity index (χ4n) is 2.46. The van der Waals surface area contributed by atoms with Crippen LogP contribution in [0, 0.1) is 0 Å². The van der Waals surface area contributed by atoms with Gasteiger partial charge in [0.2, 0.25) is 5.91 Å². The highest BCUT2D eigenvalue weighted by Crippen LogP contribution is 2.24. The van der Waals surface area contributed by atoms with Crippen molar-refractivity contribution in [2.75, 3.05) is 12.3 Å². The molecule has 1 saturated heterocycles. The summed E-state index contributed by atoms with van der Waals surface area (Å²) in [6, 6.07) is 7.71. The number of thioether (sulfide) groups is 1. The molecule has 1 atom stereocenters. The van der Waals surface area contributed by atoms with E-state index < -0.39 is 0 Å². The number of rotatable bonds is 3. The molecule has 1 aliphatic rings. The average molecular weight is 302 g/mol. The van der Waals surface area contributed by atoms with Crippen LogP contribution in [0.25, 0.3) is 10.9 Å². The standard InChI is InChI=1S/C15H18N4OS/c16-14-10-5-1-2-6-11(10)18-13(19-14)9-21-12-7-3-4-8-17-15(12)20/h1-2,5-6,12H,3-4,7-9H2,(H,17,20)(H2,16,18,19)/t12-/m0/s1. The van der Waals surface area contributed by atoms with Gasteiger partial charge in [0, 0.05) is 11.9 Å². The second-order valence-electron chi connectivity index (χ2n) is 5.13. The predicted molar refractivity (Wildman–Crippen MR) is 85.9 cm³/mol. The van der Waals surface area contributed by atoms with E-state index in [9.17, 15) is 4.79 Å². The molecule has 3 rings (SSSR count). The van der Waals surface area contributed by atoms with Crippen LogP contribution in [-0.4, -0.2) is 27.7 Å².